The summed E-state index contributed by atoms with van der Waals surface area (Å²) in [5, 5.41) is 8.25. The third-order valence-electron chi connectivity index (χ3n) is 5.40. The third kappa shape index (κ3) is 3.68. The SMILES string of the molecule is CC1CCC2(CC1)SC(=NCCNc1ccccc1)NC2(C)C. The predicted molar refractivity (Wildman–Crippen MR) is 102 cm³/mol. The lowest BCUT2D eigenvalue weighted by atomic mass is 9.73. The van der Waals surface area contributed by atoms with Gasteiger partial charge in [0.15, 0.2) is 5.17 Å². The van der Waals surface area contributed by atoms with Crippen LogP contribution in [0.3, 0.4) is 0 Å². The minimum absolute atomic E-state index is 0.142. The van der Waals surface area contributed by atoms with Crippen LogP contribution in [0.15, 0.2) is 35.3 Å². The number of nitrogens with one attached hydrogen (secondary N) is 2. The fourth-order valence-electron chi connectivity index (χ4n) is 3.66. The molecule has 1 aromatic rings. The minimum atomic E-state index is 0.142. The van der Waals surface area contributed by atoms with Gasteiger partial charge in [-0.15, -0.1) is 0 Å². The van der Waals surface area contributed by atoms with Crippen LogP contribution in [0.2, 0.25) is 0 Å². The number of anilines is 1. The van der Waals surface area contributed by atoms with Gasteiger partial charge in [-0.1, -0.05) is 36.9 Å². The molecule has 3 nitrogen and oxygen atoms in total. The fraction of sp³-hybridized carbons (Fsp3) is 0.632. The minimum Gasteiger partial charge on any atom is -0.383 e. The Balaban J connectivity index is 1.55. The Morgan fingerprint density at radius 2 is 1.91 bits per heavy atom. The first-order chi connectivity index (χ1) is 11.0. The molecule has 1 heterocycles. The normalized spacial score (nSPS) is 31.3. The van der Waals surface area contributed by atoms with E-state index in [1.54, 1.807) is 0 Å². The molecule has 1 spiro atoms. The summed E-state index contributed by atoms with van der Waals surface area (Å²) in [6.07, 6.45) is 5.31. The smallest absolute Gasteiger partial charge is 0.157 e. The van der Waals surface area contributed by atoms with Crippen molar-refractivity contribution in [2.45, 2.75) is 56.7 Å². The second-order valence-electron chi connectivity index (χ2n) is 7.51. The van der Waals surface area contributed by atoms with Gasteiger partial charge >= 0.3 is 0 Å². The number of rotatable bonds is 4. The second-order valence-corrected chi connectivity index (χ2v) is 8.88. The summed E-state index contributed by atoms with van der Waals surface area (Å²) in [6, 6.07) is 10.3. The number of amidine groups is 1. The Hall–Kier alpha value is -1.16. The summed E-state index contributed by atoms with van der Waals surface area (Å²) in [4.78, 5) is 4.81. The number of aliphatic imine (C=N–C) groups is 1. The van der Waals surface area contributed by atoms with Crippen molar-refractivity contribution in [3.63, 3.8) is 0 Å². The maximum absolute atomic E-state index is 4.81. The number of hydrogen-bond acceptors (Lipinski definition) is 3. The van der Waals surface area contributed by atoms with E-state index in [4.69, 9.17) is 4.99 Å². The maximum Gasteiger partial charge on any atom is 0.157 e. The molecule has 0 bridgehead atoms. The number of benzene rings is 1. The van der Waals surface area contributed by atoms with E-state index in [1.807, 2.05) is 17.8 Å². The molecule has 1 aliphatic carbocycles. The summed E-state index contributed by atoms with van der Waals surface area (Å²) in [5.41, 5.74) is 1.31. The average molecular weight is 332 g/mol. The fourth-order valence-corrected chi connectivity index (χ4v) is 5.24. The van der Waals surface area contributed by atoms with Gasteiger partial charge in [0, 0.05) is 22.5 Å². The van der Waals surface area contributed by atoms with Crippen molar-refractivity contribution in [3.05, 3.63) is 30.3 Å². The van der Waals surface area contributed by atoms with E-state index in [0.29, 0.717) is 4.75 Å². The molecule has 4 heteroatoms. The quantitative estimate of drug-likeness (QED) is 0.797. The third-order valence-corrected chi connectivity index (χ3v) is 7.14. The molecule has 0 aromatic heterocycles. The molecular weight excluding hydrogens is 302 g/mol. The van der Waals surface area contributed by atoms with Crippen LogP contribution in [0.1, 0.15) is 46.5 Å². The Labute approximate surface area is 144 Å². The van der Waals surface area contributed by atoms with Crippen LogP contribution in [-0.4, -0.2) is 28.5 Å². The standard InChI is InChI=1S/C19H29N3S/c1-15-9-11-19(12-10-15)18(2,3)22-17(23-19)21-14-13-20-16-7-5-4-6-8-16/h4-8,15,20H,9-14H2,1-3H3,(H,21,22). The summed E-state index contributed by atoms with van der Waals surface area (Å²) in [5.74, 6) is 0.882. The summed E-state index contributed by atoms with van der Waals surface area (Å²) < 4.78 is 0.338. The molecule has 0 radical (unpaired) electrons. The molecule has 126 valence electrons. The maximum atomic E-state index is 4.81. The lowest BCUT2D eigenvalue weighted by Gasteiger charge is -2.43. The zero-order valence-corrected chi connectivity index (χ0v) is 15.4. The van der Waals surface area contributed by atoms with Gasteiger partial charge in [-0.2, -0.15) is 0 Å². The van der Waals surface area contributed by atoms with Gasteiger partial charge in [0.2, 0.25) is 0 Å². The first-order valence-electron chi connectivity index (χ1n) is 8.81. The van der Waals surface area contributed by atoms with Crippen molar-refractivity contribution in [2.24, 2.45) is 10.9 Å². The molecule has 1 aliphatic heterocycles. The highest BCUT2D eigenvalue weighted by atomic mass is 32.2. The number of para-hydroxylation sites is 1. The Bertz CT molecular complexity index is 545. The van der Waals surface area contributed by atoms with Gasteiger partial charge in [-0.3, -0.25) is 4.99 Å². The zero-order chi connectivity index (χ0) is 16.3. The van der Waals surface area contributed by atoms with E-state index < -0.39 is 0 Å². The van der Waals surface area contributed by atoms with E-state index in [9.17, 15) is 0 Å². The first kappa shape index (κ1) is 16.7. The molecule has 2 aliphatic rings. The van der Waals surface area contributed by atoms with Crippen LogP contribution in [0.25, 0.3) is 0 Å². The van der Waals surface area contributed by atoms with Crippen LogP contribution in [0.4, 0.5) is 5.69 Å². The van der Waals surface area contributed by atoms with Gasteiger partial charge in [0.05, 0.1) is 6.54 Å². The van der Waals surface area contributed by atoms with E-state index >= 15 is 0 Å². The van der Waals surface area contributed by atoms with Crippen molar-refractivity contribution in [2.75, 3.05) is 18.4 Å². The summed E-state index contributed by atoms with van der Waals surface area (Å²) >= 11 is 2.00. The van der Waals surface area contributed by atoms with Crippen LogP contribution >= 0.6 is 11.8 Å². The molecule has 0 unspecified atom stereocenters. The van der Waals surface area contributed by atoms with E-state index in [1.165, 1.54) is 25.7 Å². The molecule has 0 amide bonds. The monoisotopic (exact) mass is 331 g/mol. The van der Waals surface area contributed by atoms with E-state index in [2.05, 4.69) is 55.7 Å². The van der Waals surface area contributed by atoms with Crippen molar-refractivity contribution < 1.29 is 0 Å². The Kier molecular flexibility index (Phi) is 4.90. The van der Waals surface area contributed by atoms with E-state index in [-0.39, 0.29) is 5.54 Å². The van der Waals surface area contributed by atoms with Gasteiger partial charge in [0.1, 0.15) is 0 Å². The zero-order valence-electron chi connectivity index (χ0n) is 14.6. The molecule has 2 fully saturated rings. The molecular formula is C19H29N3S. The highest BCUT2D eigenvalue weighted by Gasteiger charge is 2.53. The molecule has 1 saturated carbocycles. The van der Waals surface area contributed by atoms with Gasteiger partial charge in [0.25, 0.3) is 0 Å². The summed E-state index contributed by atoms with van der Waals surface area (Å²) in [7, 11) is 0. The molecule has 23 heavy (non-hydrogen) atoms. The van der Waals surface area contributed by atoms with Gasteiger partial charge in [-0.25, -0.2) is 0 Å². The van der Waals surface area contributed by atoms with E-state index in [0.717, 1.165) is 29.9 Å². The first-order valence-corrected chi connectivity index (χ1v) is 9.63. The largest absolute Gasteiger partial charge is 0.383 e. The molecule has 3 rings (SSSR count). The van der Waals surface area contributed by atoms with Crippen molar-refractivity contribution in [1.29, 1.82) is 0 Å². The van der Waals surface area contributed by atoms with Crippen molar-refractivity contribution in [3.8, 4) is 0 Å². The van der Waals surface area contributed by atoms with Crippen LogP contribution in [-0.2, 0) is 0 Å². The van der Waals surface area contributed by atoms with Crippen LogP contribution in [0, 0.1) is 5.92 Å². The molecule has 1 saturated heterocycles. The molecule has 1 aromatic carbocycles. The number of nitrogens with zero attached hydrogens (tertiary/aromatic N) is 1. The number of thioether (sulfide) groups is 1. The second kappa shape index (κ2) is 6.76. The highest BCUT2D eigenvalue weighted by Crippen LogP contribution is 2.52. The molecule has 0 atom stereocenters. The Morgan fingerprint density at radius 1 is 1.22 bits per heavy atom. The van der Waals surface area contributed by atoms with Gasteiger partial charge < -0.3 is 10.6 Å². The van der Waals surface area contributed by atoms with Crippen molar-refractivity contribution >= 4 is 22.6 Å². The summed E-state index contributed by atoms with van der Waals surface area (Å²) in [6.45, 7) is 8.77. The topological polar surface area (TPSA) is 36.4 Å². The average Bonchev–Trinajstić information content (AvgIpc) is 2.78. The lowest BCUT2D eigenvalue weighted by Crippen LogP contribution is -2.52. The van der Waals surface area contributed by atoms with Gasteiger partial charge in [-0.05, 0) is 57.6 Å². The highest BCUT2D eigenvalue weighted by molar-refractivity contribution is 8.15. The van der Waals surface area contributed by atoms with Crippen LogP contribution in [0.5, 0.6) is 0 Å². The van der Waals surface area contributed by atoms with Crippen molar-refractivity contribution in [1.82, 2.24) is 5.32 Å². The predicted octanol–water partition coefficient (Wildman–Crippen LogP) is 4.52. The molecule has 2 N–H and O–H groups in total. The Morgan fingerprint density at radius 3 is 2.61 bits per heavy atom. The number of hydrogen-bond donors (Lipinski definition) is 2. The van der Waals surface area contributed by atoms with Crippen LogP contribution < -0.4 is 10.6 Å². The lowest BCUT2D eigenvalue weighted by molar-refractivity contribution is 0.231.